The van der Waals surface area contributed by atoms with Gasteiger partial charge < -0.3 is 5.32 Å². The number of urea groups is 1. The molecule has 9 heteroatoms. The number of amides is 3. The summed E-state index contributed by atoms with van der Waals surface area (Å²) in [4.78, 5) is 30.2. The van der Waals surface area contributed by atoms with Gasteiger partial charge in [-0.3, -0.25) is 14.6 Å². The molecule has 0 spiro atoms. The summed E-state index contributed by atoms with van der Waals surface area (Å²) in [5.74, 6) is -1.29. The van der Waals surface area contributed by atoms with Gasteiger partial charge in [0.05, 0.1) is 6.67 Å². The number of alkyl halides is 3. The maximum absolute atomic E-state index is 14.1. The average molecular weight is 446 g/mol. The van der Waals surface area contributed by atoms with E-state index in [4.69, 9.17) is 0 Å². The van der Waals surface area contributed by atoms with Crippen molar-refractivity contribution in [3.05, 3.63) is 71.3 Å². The Bertz CT molecular complexity index is 990. The summed E-state index contributed by atoms with van der Waals surface area (Å²) in [5.41, 5.74) is -0.967. The molecule has 32 heavy (non-hydrogen) atoms. The van der Waals surface area contributed by atoms with Crippen LogP contribution in [-0.2, 0) is 16.9 Å². The second-order valence-electron chi connectivity index (χ2n) is 8.30. The molecule has 1 N–H and O–H groups in total. The standard InChI is InChI=1S/C23H25F3N4O2/c1-17-6-5-7-18(14-17)15-28-10-12-29(13-11-28)16-30-20(31)22(23(24,25)26,27-21(30)32)19-8-3-2-4-9-19/h2-9,14H,10-13,15-16H2,1H3,(H,27,32). The van der Waals surface area contributed by atoms with E-state index in [1.54, 1.807) is 6.07 Å². The van der Waals surface area contributed by atoms with Crippen LogP contribution in [0.25, 0.3) is 0 Å². The van der Waals surface area contributed by atoms with Crippen LogP contribution in [0.1, 0.15) is 16.7 Å². The first-order valence-corrected chi connectivity index (χ1v) is 10.5. The van der Waals surface area contributed by atoms with Crippen molar-refractivity contribution in [1.82, 2.24) is 20.0 Å². The van der Waals surface area contributed by atoms with Gasteiger partial charge in [0.1, 0.15) is 0 Å². The van der Waals surface area contributed by atoms with Gasteiger partial charge in [-0.2, -0.15) is 13.2 Å². The van der Waals surface area contributed by atoms with Gasteiger partial charge in [-0.05, 0) is 18.1 Å². The van der Waals surface area contributed by atoms with Gasteiger partial charge in [0.15, 0.2) is 0 Å². The minimum absolute atomic E-state index is 0.173. The molecular weight excluding hydrogens is 421 g/mol. The molecule has 2 aliphatic heterocycles. The third-order valence-corrected chi connectivity index (χ3v) is 6.03. The molecule has 0 saturated carbocycles. The Labute approximate surface area is 184 Å². The van der Waals surface area contributed by atoms with Gasteiger partial charge in [0.2, 0.25) is 5.54 Å². The fraction of sp³-hybridized carbons (Fsp3) is 0.391. The van der Waals surface area contributed by atoms with E-state index < -0.39 is 23.7 Å². The van der Waals surface area contributed by atoms with Crippen molar-refractivity contribution < 1.29 is 22.8 Å². The lowest BCUT2D eigenvalue weighted by Crippen LogP contribution is -2.56. The molecule has 6 nitrogen and oxygen atoms in total. The number of nitrogens with one attached hydrogen (secondary N) is 1. The Morgan fingerprint density at radius 1 is 0.938 bits per heavy atom. The molecule has 0 radical (unpaired) electrons. The predicted octanol–water partition coefficient (Wildman–Crippen LogP) is 3.08. The first kappa shape index (κ1) is 22.3. The Hall–Kier alpha value is -2.91. The fourth-order valence-corrected chi connectivity index (χ4v) is 4.30. The number of nitrogens with zero attached hydrogens (tertiary/aromatic N) is 3. The van der Waals surface area contributed by atoms with E-state index in [-0.39, 0.29) is 12.2 Å². The molecule has 2 heterocycles. The molecule has 170 valence electrons. The summed E-state index contributed by atoms with van der Waals surface area (Å²) in [7, 11) is 0. The molecule has 2 aliphatic rings. The normalized spacial score (nSPS) is 22.9. The largest absolute Gasteiger partial charge is 0.425 e. The molecule has 0 bridgehead atoms. The minimum Gasteiger partial charge on any atom is -0.312 e. The van der Waals surface area contributed by atoms with Gasteiger partial charge in [0, 0.05) is 32.7 Å². The molecule has 2 aromatic rings. The Balaban J connectivity index is 1.43. The molecular formula is C23H25F3N4O2. The van der Waals surface area contributed by atoms with Crippen molar-refractivity contribution >= 4 is 11.9 Å². The number of piperazine rings is 1. The van der Waals surface area contributed by atoms with Gasteiger partial charge >= 0.3 is 12.2 Å². The molecule has 3 amide bonds. The van der Waals surface area contributed by atoms with Crippen LogP contribution in [-0.4, -0.2) is 65.7 Å². The number of aryl methyl sites for hydroxylation is 1. The molecule has 1 atom stereocenters. The van der Waals surface area contributed by atoms with Crippen LogP contribution in [0.15, 0.2) is 54.6 Å². The number of hydrogen-bond donors (Lipinski definition) is 1. The zero-order chi connectivity index (χ0) is 22.9. The quantitative estimate of drug-likeness (QED) is 0.718. The lowest BCUT2D eigenvalue weighted by molar-refractivity contribution is -0.198. The highest BCUT2D eigenvalue weighted by molar-refractivity contribution is 6.08. The number of carbonyl (C=O) groups is 2. The van der Waals surface area contributed by atoms with Crippen molar-refractivity contribution in [2.45, 2.75) is 25.2 Å². The van der Waals surface area contributed by atoms with Crippen LogP contribution in [0.3, 0.4) is 0 Å². The van der Waals surface area contributed by atoms with Gasteiger partial charge in [-0.1, -0.05) is 60.2 Å². The van der Waals surface area contributed by atoms with E-state index in [0.29, 0.717) is 31.1 Å². The third-order valence-electron chi connectivity index (χ3n) is 6.03. The summed E-state index contributed by atoms with van der Waals surface area (Å²) in [6, 6.07) is 14.0. The minimum atomic E-state index is -4.97. The van der Waals surface area contributed by atoms with Crippen molar-refractivity contribution in [3.63, 3.8) is 0 Å². The molecule has 1 unspecified atom stereocenters. The number of hydrogen-bond acceptors (Lipinski definition) is 4. The number of rotatable bonds is 5. The van der Waals surface area contributed by atoms with Crippen molar-refractivity contribution in [1.29, 1.82) is 0 Å². The van der Waals surface area contributed by atoms with E-state index in [1.165, 1.54) is 35.4 Å². The topological polar surface area (TPSA) is 55.9 Å². The molecule has 4 rings (SSSR count). The van der Waals surface area contributed by atoms with Crippen LogP contribution >= 0.6 is 0 Å². The lowest BCUT2D eigenvalue weighted by Gasteiger charge is -2.36. The van der Waals surface area contributed by atoms with Crippen LogP contribution in [0, 0.1) is 6.92 Å². The zero-order valence-electron chi connectivity index (χ0n) is 17.7. The van der Waals surface area contributed by atoms with E-state index >= 15 is 0 Å². The Kier molecular flexibility index (Phi) is 5.96. The number of halogens is 3. The predicted molar refractivity (Wildman–Crippen MR) is 112 cm³/mol. The molecule has 2 saturated heterocycles. The average Bonchev–Trinajstić information content (AvgIpc) is 3.01. The fourth-order valence-electron chi connectivity index (χ4n) is 4.30. The van der Waals surface area contributed by atoms with Crippen LogP contribution in [0.4, 0.5) is 18.0 Å². The first-order chi connectivity index (χ1) is 15.2. The van der Waals surface area contributed by atoms with Crippen molar-refractivity contribution in [3.8, 4) is 0 Å². The zero-order valence-corrected chi connectivity index (χ0v) is 17.7. The second-order valence-corrected chi connectivity index (χ2v) is 8.30. The van der Waals surface area contributed by atoms with E-state index in [1.807, 2.05) is 29.3 Å². The molecule has 2 fully saturated rings. The second kappa shape index (κ2) is 8.55. The highest BCUT2D eigenvalue weighted by Gasteiger charge is 2.68. The maximum Gasteiger partial charge on any atom is 0.425 e. The summed E-state index contributed by atoms with van der Waals surface area (Å²) >= 11 is 0. The molecule has 0 aromatic heterocycles. The Morgan fingerprint density at radius 2 is 1.59 bits per heavy atom. The summed E-state index contributed by atoms with van der Waals surface area (Å²) in [5, 5.41) is 1.94. The SMILES string of the molecule is Cc1cccc(CN2CCN(CN3C(=O)NC(c4ccccc4)(C(F)(F)F)C3=O)CC2)c1. The maximum atomic E-state index is 14.1. The number of imide groups is 1. The van der Waals surface area contributed by atoms with Gasteiger partial charge in [-0.15, -0.1) is 0 Å². The van der Waals surface area contributed by atoms with Crippen LogP contribution in [0.5, 0.6) is 0 Å². The number of benzene rings is 2. The van der Waals surface area contributed by atoms with E-state index in [2.05, 4.69) is 17.0 Å². The monoisotopic (exact) mass is 446 g/mol. The van der Waals surface area contributed by atoms with Crippen LogP contribution in [0.2, 0.25) is 0 Å². The van der Waals surface area contributed by atoms with E-state index in [0.717, 1.165) is 6.54 Å². The number of carbonyl (C=O) groups excluding carboxylic acids is 2. The molecule has 0 aliphatic carbocycles. The summed E-state index contributed by atoms with van der Waals surface area (Å²) in [6.07, 6.45) is -4.97. The van der Waals surface area contributed by atoms with Crippen LogP contribution < -0.4 is 5.32 Å². The van der Waals surface area contributed by atoms with Gasteiger partial charge in [-0.25, -0.2) is 9.69 Å². The van der Waals surface area contributed by atoms with E-state index in [9.17, 15) is 22.8 Å². The van der Waals surface area contributed by atoms with Gasteiger partial charge in [0.25, 0.3) is 5.91 Å². The van der Waals surface area contributed by atoms with Crippen molar-refractivity contribution in [2.24, 2.45) is 0 Å². The lowest BCUT2D eigenvalue weighted by atomic mass is 9.89. The smallest absolute Gasteiger partial charge is 0.312 e. The van der Waals surface area contributed by atoms with Crippen molar-refractivity contribution in [2.75, 3.05) is 32.8 Å². The molecule has 2 aromatic carbocycles. The summed E-state index contributed by atoms with van der Waals surface area (Å²) in [6.45, 7) is 5.13. The first-order valence-electron chi connectivity index (χ1n) is 10.5. The summed E-state index contributed by atoms with van der Waals surface area (Å²) < 4.78 is 42.2. The highest BCUT2D eigenvalue weighted by atomic mass is 19.4. The highest BCUT2D eigenvalue weighted by Crippen LogP contribution is 2.43. The Morgan fingerprint density at radius 3 is 2.22 bits per heavy atom. The third kappa shape index (κ3) is 4.10.